The molecule has 0 atom stereocenters. The van der Waals surface area contributed by atoms with E-state index in [-0.39, 0.29) is 0 Å². The minimum absolute atomic E-state index is 0.464. The Labute approximate surface area is 108 Å². The van der Waals surface area contributed by atoms with Gasteiger partial charge in [0, 0.05) is 0 Å². The van der Waals surface area contributed by atoms with Crippen molar-refractivity contribution in [3.8, 4) is 5.69 Å². The Morgan fingerprint density at radius 2 is 2.00 bits per heavy atom. The van der Waals surface area contributed by atoms with Gasteiger partial charge in [0.2, 0.25) is 0 Å². The molecule has 1 aromatic carbocycles. The molecule has 4 heteroatoms. The zero-order valence-corrected chi connectivity index (χ0v) is 11.4. The van der Waals surface area contributed by atoms with Crippen LogP contribution in [0.1, 0.15) is 44.9 Å². The maximum absolute atomic E-state index is 6.01. The van der Waals surface area contributed by atoms with Gasteiger partial charge in [0.1, 0.15) is 5.69 Å². The van der Waals surface area contributed by atoms with E-state index >= 15 is 0 Å². The molecule has 0 aliphatic rings. The Bertz CT molecular complexity index is 535. The van der Waals surface area contributed by atoms with Crippen LogP contribution >= 0.6 is 0 Å². The van der Waals surface area contributed by atoms with E-state index in [0.717, 1.165) is 11.4 Å². The monoisotopic (exact) mass is 244 g/mol. The highest BCUT2D eigenvalue weighted by Gasteiger charge is 2.18. The number of hydrogen-bond donors (Lipinski definition) is 1. The van der Waals surface area contributed by atoms with Crippen LogP contribution < -0.4 is 5.73 Å². The fraction of sp³-hybridized carbons (Fsp3) is 0.429. The van der Waals surface area contributed by atoms with Gasteiger partial charge in [-0.15, -0.1) is 5.10 Å². The fourth-order valence-electron chi connectivity index (χ4n) is 1.71. The average Bonchev–Trinajstić information content (AvgIpc) is 2.78. The van der Waals surface area contributed by atoms with Gasteiger partial charge < -0.3 is 5.73 Å². The molecule has 2 rings (SSSR count). The maximum Gasteiger partial charge on any atom is 0.102 e. The van der Waals surface area contributed by atoms with Crippen molar-refractivity contribution < 1.29 is 0 Å². The van der Waals surface area contributed by atoms with Gasteiger partial charge in [-0.3, -0.25) is 0 Å². The quantitative estimate of drug-likeness (QED) is 0.902. The predicted molar refractivity (Wildman–Crippen MR) is 72.7 cm³/mol. The third kappa shape index (κ3) is 2.59. The second-order valence-corrected chi connectivity index (χ2v) is 5.52. The maximum atomic E-state index is 6.01. The van der Waals surface area contributed by atoms with Crippen LogP contribution in [0.4, 0.5) is 0 Å². The second kappa shape index (κ2) is 4.53. The van der Waals surface area contributed by atoms with Crippen molar-refractivity contribution in [1.29, 1.82) is 0 Å². The van der Waals surface area contributed by atoms with Crippen molar-refractivity contribution in [2.24, 2.45) is 5.73 Å². The first-order valence-electron chi connectivity index (χ1n) is 6.20. The Hall–Kier alpha value is -1.68. The van der Waals surface area contributed by atoms with Gasteiger partial charge in [-0.2, -0.15) is 0 Å². The normalized spacial score (nSPS) is 12.1. The summed E-state index contributed by atoms with van der Waals surface area (Å²) in [5, 5.41) is 8.27. The summed E-state index contributed by atoms with van der Waals surface area (Å²) in [6.07, 6.45) is 1.89. The molecule has 0 aliphatic carbocycles. The van der Waals surface area contributed by atoms with E-state index in [0.29, 0.717) is 5.92 Å². The van der Waals surface area contributed by atoms with Crippen LogP contribution in [-0.2, 0) is 5.54 Å². The SMILES string of the molecule is CC(C)c1cccc(-n2cc(C(C)(C)N)nn2)c1. The Morgan fingerprint density at radius 1 is 1.28 bits per heavy atom. The van der Waals surface area contributed by atoms with E-state index in [1.54, 1.807) is 4.68 Å². The van der Waals surface area contributed by atoms with Crippen LogP contribution in [0, 0.1) is 0 Å². The van der Waals surface area contributed by atoms with E-state index in [9.17, 15) is 0 Å². The number of rotatable bonds is 3. The Kier molecular flexibility index (Phi) is 3.22. The molecule has 4 nitrogen and oxygen atoms in total. The molecule has 96 valence electrons. The molecule has 0 saturated heterocycles. The van der Waals surface area contributed by atoms with Crippen LogP contribution in [0.25, 0.3) is 5.69 Å². The van der Waals surface area contributed by atoms with Crippen molar-refractivity contribution in [2.45, 2.75) is 39.2 Å². The van der Waals surface area contributed by atoms with E-state index in [4.69, 9.17) is 5.73 Å². The topological polar surface area (TPSA) is 56.7 Å². The molecule has 0 amide bonds. The number of aromatic nitrogens is 3. The summed E-state index contributed by atoms with van der Waals surface area (Å²) in [6.45, 7) is 8.20. The van der Waals surface area contributed by atoms with Gasteiger partial charge in [0.25, 0.3) is 0 Å². The molecule has 1 aromatic heterocycles. The summed E-state index contributed by atoms with van der Waals surface area (Å²) in [6, 6.07) is 8.32. The molecular weight excluding hydrogens is 224 g/mol. The molecule has 0 radical (unpaired) electrons. The van der Waals surface area contributed by atoms with Crippen molar-refractivity contribution in [2.75, 3.05) is 0 Å². The molecule has 0 bridgehead atoms. The van der Waals surface area contributed by atoms with Crippen LogP contribution in [0.2, 0.25) is 0 Å². The highest BCUT2D eigenvalue weighted by atomic mass is 15.4. The number of nitrogens with two attached hydrogens (primary N) is 1. The third-order valence-electron chi connectivity index (χ3n) is 2.95. The standard InChI is InChI=1S/C14H20N4/c1-10(2)11-6-5-7-12(8-11)18-9-13(16-17-18)14(3,4)15/h5-10H,15H2,1-4H3. The summed E-state index contributed by atoms with van der Waals surface area (Å²) in [5.74, 6) is 0.499. The molecule has 0 fully saturated rings. The highest BCUT2D eigenvalue weighted by molar-refractivity contribution is 5.36. The molecule has 0 saturated carbocycles. The average molecular weight is 244 g/mol. The molecule has 2 aromatic rings. The molecule has 0 aliphatic heterocycles. The highest BCUT2D eigenvalue weighted by Crippen LogP contribution is 2.19. The lowest BCUT2D eigenvalue weighted by molar-refractivity contribution is 0.533. The van der Waals surface area contributed by atoms with Crippen molar-refractivity contribution in [3.05, 3.63) is 41.7 Å². The smallest absolute Gasteiger partial charge is 0.102 e. The van der Waals surface area contributed by atoms with Crippen molar-refractivity contribution in [3.63, 3.8) is 0 Å². The van der Waals surface area contributed by atoms with E-state index in [2.05, 4.69) is 36.3 Å². The minimum atomic E-state index is -0.464. The van der Waals surface area contributed by atoms with Gasteiger partial charge >= 0.3 is 0 Å². The van der Waals surface area contributed by atoms with Crippen molar-refractivity contribution in [1.82, 2.24) is 15.0 Å². The Balaban J connectivity index is 2.37. The molecule has 1 heterocycles. The van der Waals surface area contributed by atoms with Crippen LogP contribution in [0.3, 0.4) is 0 Å². The lowest BCUT2D eigenvalue weighted by atomic mass is 10.0. The number of hydrogen-bond acceptors (Lipinski definition) is 3. The van der Waals surface area contributed by atoms with Gasteiger partial charge in [0.15, 0.2) is 0 Å². The second-order valence-electron chi connectivity index (χ2n) is 5.52. The Morgan fingerprint density at radius 3 is 2.56 bits per heavy atom. The lowest BCUT2D eigenvalue weighted by Gasteiger charge is -2.13. The molecule has 2 N–H and O–H groups in total. The summed E-state index contributed by atoms with van der Waals surface area (Å²) in [5.41, 5.74) is 8.64. The zero-order valence-electron chi connectivity index (χ0n) is 11.4. The number of nitrogens with zero attached hydrogens (tertiary/aromatic N) is 3. The van der Waals surface area contributed by atoms with Crippen LogP contribution in [-0.4, -0.2) is 15.0 Å². The van der Waals surface area contributed by atoms with Gasteiger partial charge in [-0.1, -0.05) is 31.2 Å². The summed E-state index contributed by atoms with van der Waals surface area (Å²) in [7, 11) is 0. The minimum Gasteiger partial charge on any atom is -0.320 e. The molecule has 0 unspecified atom stereocenters. The number of benzene rings is 1. The van der Waals surface area contributed by atoms with Crippen molar-refractivity contribution >= 4 is 0 Å². The molecular formula is C14H20N4. The van der Waals surface area contributed by atoms with Crippen LogP contribution in [0.15, 0.2) is 30.5 Å². The molecule has 18 heavy (non-hydrogen) atoms. The summed E-state index contributed by atoms with van der Waals surface area (Å²) in [4.78, 5) is 0. The first-order chi connectivity index (χ1) is 8.38. The van der Waals surface area contributed by atoms with Gasteiger partial charge in [-0.25, -0.2) is 4.68 Å². The zero-order chi connectivity index (χ0) is 13.3. The lowest BCUT2D eigenvalue weighted by Crippen LogP contribution is -2.29. The van der Waals surface area contributed by atoms with Gasteiger partial charge in [0.05, 0.1) is 17.4 Å². The molecule has 0 spiro atoms. The fourth-order valence-corrected chi connectivity index (χ4v) is 1.71. The first-order valence-corrected chi connectivity index (χ1v) is 6.20. The summed E-state index contributed by atoms with van der Waals surface area (Å²) >= 11 is 0. The first kappa shape index (κ1) is 12.8. The van der Waals surface area contributed by atoms with E-state index in [1.165, 1.54) is 5.56 Å². The van der Waals surface area contributed by atoms with E-state index < -0.39 is 5.54 Å². The third-order valence-corrected chi connectivity index (χ3v) is 2.95. The van der Waals surface area contributed by atoms with Crippen LogP contribution in [0.5, 0.6) is 0 Å². The van der Waals surface area contributed by atoms with E-state index in [1.807, 2.05) is 32.2 Å². The summed E-state index contributed by atoms with van der Waals surface area (Å²) < 4.78 is 1.77. The largest absolute Gasteiger partial charge is 0.320 e. The predicted octanol–water partition coefficient (Wildman–Crippen LogP) is 2.58. The van der Waals surface area contributed by atoms with Gasteiger partial charge in [-0.05, 0) is 37.5 Å².